The second-order valence-corrected chi connectivity index (χ2v) is 9.32. The highest BCUT2D eigenvalue weighted by Gasteiger charge is 2.37. The molecular formula is C25H22BrNO3S. The second kappa shape index (κ2) is 9.28. The van der Waals surface area contributed by atoms with Gasteiger partial charge in [0.1, 0.15) is 12.4 Å². The molecule has 0 N–H and O–H groups in total. The maximum Gasteiger partial charge on any atom is 0.293 e. The van der Waals surface area contributed by atoms with Gasteiger partial charge in [0.2, 0.25) is 0 Å². The Hall–Kier alpha value is -2.57. The molecule has 1 heterocycles. The fourth-order valence-electron chi connectivity index (χ4n) is 3.41. The van der Waals surface area contributed by atoms with E-state index in [-0.39, 0.29) is 17.2 Å². The molecule has 6 heteroatoms. The number of hydrogen-bond acceptors (Lipinski definition) is 4. The molecule has 0 aliphatic carbocycles. The zero-order chi connectivity index (χ0) is 22.0. The molecule has 1 aliphatic heterocycles. The first kappa shape index (κ1) is 21.7. The van der Waals surface area contributed by atoms with Crippen LogP contribution < -0.4 is 4.74 Å². The quantitative estimate of drug-likeness (QED) is 0.344. The fraction of sp³-hybridized carbons (Fsp3) is 0.200. The number of benzene rings is 3. The molecular weight excluding hydrogens is 474 g/mol. The third kappa shape index (κ3) is 4.70. The van der Waals surface area contributed by atoms with Crippen LogP contribution in [0.25, 0.3) is 16.8 Å². The van der Waals surface area contributed by atoms with Crippen LogP contribution in [0.15, 0.2) is 70.0 Å². The molecule has 4 nitrogen and oxygen atoms in total. The summed E-state index contributed by atoms with van der Waals surface area (Å²) in [4.78, 5) is 26.6. The van der Waals surface area contributed by atoms with Crippen LogP contribution in [0.1, 0.15) is 31.4 Å². The molecule has 0 aromatic heterocycles. The normalized spacial score (nSPS) is 16.4. The zero-order valence-electron chi connectivity index (χ0n) is 17.3. The number of ether oxygens (including phenoxy) is 1. The first-order chi connectivity index (χ1) is 15.0. The molecule has 0 saturated carbocycles. The highest BCUT2D eigenvalue weighted by Crippen LogP contribution is 2.35. The molecule has 1 aliphatic rings. The van der Waals surface area contributed by atoms with Gasteiger partial charge in [0.05, 0.1) is 9.38 Å². The smallest absolute Gasteiger partial charge is 0.293 e. The number of thioether (sulfide) groups is 1. The van der Waals surface area contributed by atoms with Gasteiger partial charge in [-0.25, -0.2) is 0 Å². The molecule has 1 fully saturated rings. The second-order valence-electron chi connectivity index (χ2n) is 7.47. The lowest BCUT2D eigenvalue weighted by Crippen LogP contribution is -2.36. The summed E-state index contributed by atoms with van der Waals surface area (Å²) in [5.74, 6) is 0.495. The SMILES string of the molecule is CC[C@@H](C)N1C(=O)S/C(=C/c2ccc(OCc3ccc4ccccc4c3)c(Br)c2)C1=O. The van der Waals surface area contributed by atoms with Crippen molar-refractivity contribution in [1.29, 1.82) is 0 Å². The summed E-state index contributed by atoms with van der Waals surface area (Å²) < 4.78 is 6.79. The number of imide groups is 1. The van der Waals surface area contributed by atoms with E-state index in [1.165, 1.54) is 15.7 Å². The van der Waals surface area contributed by atoms with Gasteiger partial charge in [0.15, 0.2) is 0 Å². The first-order valence-corrected chi connectivity index (χ1v) is 11.7. The number of carbonyl (C=O) groups excluding carboxylic acids is 2. The molecule has 1 saturated heterocycles. The number of hydrogen-bond donors (Lipinski definition) is 0. The Morgan fingerprint density at radius 2 is 1.84 bits per heavy atom. The van der Waals surface area contributed by atoms with Crippen LogP contribution in [-0.4, -0.2) is 22.1 Å². The van der Waals surface area contributed by atoms with Crippen molar-refractivity contribution in [3.8, 4) is 5.75 Å². The van der Waals surface area contributed by atoms with Gasteiger partial charge in [-0.3, -0.25) is 14.5 Å². The van der Waals surface area contributed by atoms with E-state index in [9.17, 15) is 9.59 Å². The molecule has 31 heavy (non-hydrogen) atoms. The lowest BCUT2D eigenvalue weighted by molar-refractivity contribution is -0.124. The predicted molar refractivity (Wildman–Crippen MR) is 130 cm³/mol. The average molecular weight is 496 g/mol. The molecule has 4 rings (SSSR count). The van der Waals surface area contributed by atoms with Gasteiger partial charge in [0, 0.05) is 6.04 Å². The molecule has 3 aromatic carbocycles. The summed E-state index contributed by atoms with van der Waals surface area (Å²) in [6.07, 6.45) is 2.49. The highest BCUT2D eigenvalue weighted by atomic mass is 79.9. The molecule has 0 unspecified atom stereocenters. The molecule has 0 spiro atoms. The van der Waals surface area contributed by atoms with E-state index in [2.05, 4.69) is 46.3 Å². The first-order valence-electron chi connectivity index (χ1n) is 10.1. The number of rotatable bonds is 6. The lowest BCUT2D eigenvalue weighted by atomic mass is 10.1. The summed E-state index contributed by atoms with van der Waals surface area (Å²) in [6, 6.07) is 20.1. The maximum absolute atomic E-state index is 12.6. The van der Waals surface area contributed by atoms with E-state index >= 15 is 0 Å². The van der Waals surface area contributed by atoms with E-state index in [0.717, 1.165) is 39.5 Å². The minimum Gasteiger partial charge on any atom is -0.488 e. The van der Waals surface area contributed by atoms with Crippen molar-refractivity contribution in [1.82, 2.24) is 4.90 Å². The van der Waals surface area contributed by atoms with Crippen LogP contribution in [-0.2, 0) is 11.4 Å². The third-order valence-corrected chi connectivity index (χ3v) is 6.82. The van der Waals surface area contributed by atoms with Crippen molar-refractivity contribution >= 4 is 55.7 Å². The van der Waals surface area contributed by atoms with Gasteiger partial charge in [-0.1, -0.05) is 49.4 Å². The van der Waals surface area contributed by atoms with Gasteiger partial charge >= 0.3 is 0 Å². The Labute approximate surface area is 194 Å². The summed E-state index contributed by atoms with van der Waals surface area (Å²) >= 11 is 4.55. The standard InChI is InChI=1S/C25H22BrNO3S/c1-3-16(2)27-24(28)23(31-25(27)29)14-17-9-11-22(21(26)13-17)30-15-18-8-10-19-6-4-5-7-20(19)12-18/h4-14,16H,3,15H2,1-2H3/b23-14+/t16-/m1/s1. The van der Waals surface area contributed by atoms with Crippen molar-refractivity contribution in [2.75, 3.05) is 0 Å². The molecule has 0 bridgehead atoms. The van der Waals surface area contributed by atoms with Crippen molar-refractivity contribution in [2.45, 2.75) is 32.9 Å². The van der Waals surface area contributed by atoms with Gasteiger partial charge in [-0.2, -0.15) is 0 Å². The van der Waals surface area contributed by atoms with Crippen LogP contribution in [0.5, 0.6) is 5.75 Å². The van der Waals surface area contributed by atoms with E-state index in [4.69, 9.17) is 4.74 Å². The summed E-state index contributed by atoms with van der Waals surface area (Å²) in [6.45, 7) is 4.31. The molecule has 2 amide bonds. The minimum atomic E-state index is -0.225. The van der Waals surface area contributed by atoms with E-state index in [0.29, 0.717) is 11.5 Å². The Morgan fingerprint density at radius 3 is 2.58 bits per heavy atom. The van der Waals surface area contributed by atoms with Crippen molar-refractivity contribution in [3.05, 3.63) is 81.2 Å². The molecule has 158 valence electrons. The summed E-state index contributed by atoms with van der Waals surface area (Å²) in [5, 5.41) is 2.18. The van der Waals surface area contributed by atoms with Crippen LogP contribution in [0.2, 0.25) is 0 Å². The highest BCUT2D eigenvalue weighted by molar-refractivity contribution is 9.10. The van der Waals surface area contributed by atoms with Crippen molar-refractivity contribution < 1.29 is 14.3 Å². The van der Waals surface area contributed by atoms with Gasteiger partial charge in [-0.05, 0) is 87.2 Å². The van der Waals surface area contributed by atoms with Crippen LogP contribution in [0, 0.1) is 0 Å². The summed E-state index contributed by atoms with van der Waals surface area (Å²) in [5.41, 5.74) is 1.92. The minimum absolute atomic E-state index is 0.101. The third-order valence-electron chi connectivity index (χ3n) is 5.32. The van der Waals surface area contributed by atoms with Gasteiger partial charge in [-0.15, -0.1) is 0 Å². The van der Waals surface area contributed by atoms with Gasteiger partial charge in [0.25, 0.3) is 11.1 Å². The summed E-state index contributed by atoms with van der Waals surface area (Å²) in [7, 11) is 0. The van der Waals surface area contributed by atoms with E-state index < -0.39 is 0 Å². The van der Waals surface area contributed by atoms with E-state index in [1.54, 1.807) is 6.08 Å². The van der Waals surface area contributed by atoms with E-state index in [1.807, 2.05) is 44.2 Å². The number of fused-ring (bicyclic) bond motifs is 1. The van der Waals surface area contributed by atoms with Crippen molar-refractivity contribution in [2.24, 2.45) is 0 Å². The Bertz CT molecular complexity index is 1190. The largest absolute Gasteiger partial charge is 0.488 e. The van der Waals surface area contributed by atoms with Gasteiger partial charge < -0.3 is 4.74 Å². The average Bonchev–Trinajstić information content (AvgIpc) is 3.05. The fourth-order valence-corrected chi connectivity index (χ4v) is 4.85. The maximum atomic E-state index is 12.6. The Kier molecular flexibility index (Phi) is 6.49. The number of nitrogens with zero attached hydrogens (tertiary/aromatic N) is 1. The zero-order valence-corrected chi connectivity index (χ0v) is 19.7. The molecule has 1 atom stereocenters. The number of halogens is 1. The lowest BCUT2D eigenvalue weighted by Gasteiger charge is -2.19. The molecule has 3 aromatic rings. The topological polar surface area (TPSA) is 46.6 Å². The predicted octanol–water partition coefficient (Wildman–Crippen LogP) is 7.02. The Morgan fingerprint density at radius 1 is 1.06 bits per heavy atom. The monoisotopic (exact) mass is 495 g/mol. The van der Waals surface area contributed by atoms with Crippen molar-refractivity contribution in [3.63, 3.8) is 0 Å². The van der Waals surface area contributed by atoms with Crippen LogP contribution >= 0.6 is 27.7 Å². The van der Waals surface area contributed by atoms with Crippen LogP contribution in [0.3, 0.4) is 0 Å². The van der Waals surface area contributed by atoms with Crippen LogP contribution in [0.4, 0.5) is 4.79 Å². The molecule has 0 radical (unpaired) electrons. The number of carbonyl (C=O) groups is 2. The number of amides is 2. The Balaban J connectivity index is 1.47.